The van der Waals surface area contributed by atoms with E-state index in [-0.39, 0.29) is 0 Å². The van der Waals surface area contributed by atoms with Crippen LogP contribution in [0.4, 0.5) is 0 Å². The van der Waals surface area contributed by atoms with E-state index in [1.807, 2.05) is 7.11 Å². The summed E-state index contributed by atoms with van der Waals surface area (Å²) in [5.41, 5.74) is 0. The Labute approximate surface area is 99.5 Å². The molecule has 2 rings (SSSR count). The van der Waals surface area contributed by atoms with E-state index in [2.05, 4.69) is 17.1 Å². The first-order valence-corrected chi connectivity index (χ1v) is 6.84. The average molecular weight is 226 g/mol. The van der Waals surface area contributed by atoms with Gasteiger partial charge in [-0.1, -0.05) is 6.92 Å². The lowest BCUT2D eigenvalue weighted by Gasteiger charge is -2.47. The van der Waals surface area contributed by atoms with Crippen molar-refractivity contribution in [1.82, 2.24) is 10.2 Å². The molecule has 16 heavy (non-hydrogen) atoms. The number of nitrogens with one attached hydrogen (secondary N) is 1. The van der Waals surface area contributed by atoms with Gasteiger partial charge in [-0.15, -0.1) is 0 Å². The van der Waals surface area contributed by atoms with Crippen molar-refractivity contribution >= 4 is 0 Å². The SMILES string of the molecule is CCCN(C1CCCNC1)C1CC(OC)C1. The second kappa shape index (κ2) is 5.99. The zero-order chi connectivity index (χ0) is 11.4. The first-order valence-electron chi connectivity index (χ1n) is 6.84. The lowest BCUT2D eigenvalue weighted by Crippen LogP contribution is -2.56. The van der Waals surface area contributed by atoms with E-state index in [4.69, 9.17) is 4.74 Å². The molecule has 0 aromatic heterocycles. The van der Waals surface area contributed by atoms with Gasteiger partial charge in [0.25, 0.3) is 0 Å². The molecule has 1 unspecified atom stereocenters. The number of hydrogen-bond donors (Lipinski definition) is 1. The van der Waals surface area contributed by atoms with Crippen LogP contribution in [0.3, 0.4) is 0 Å². The van der Waals surface area contributed by atoms with Crippen molar-refractivity contribution in [3.8, 4) is 0 Å². The van der Waals surface area contributed by atoms with Crippen molar-refractivity contribution in [2.24, 2.45) is 0 Å². The average Bonchev–Trinajstić information content (AvgIpc) is 2.28. The van der Waals surface area contributed by atoms with Gasteiger partial charge in [0.15, 0.2) is 0 Å². The summed E-state index contributed by atoms with van der Waals surface area (Å²) in [7, 11) is 1.84. The fraction of sp³-hybridized carbons (Fsp3) is 1.00. The van der Waals surface area contributed by atoms with Gasteiger partial charge in [-0.3, -0.25) is 4.90 Å². The fourth-order valence-corrected chi connectivity index (χ4v) is 3.04. The molecule has 94 valence electrons. The maximum atomic E-state index is 5.39. The van der Waals surface area contributed by atoms with Crippen molar-refractivity contribution in [1.29, 1.82) is 0 Å². The highest BCUT2D eigenvalue weighted by Gasteiger charge is 2.36. The Balaban J connectivity index is 1.84. The van der Waals surface area contributed by atoms with E-state index in [0.717, 1.165) is 12.1 Å². The molecular weight excluding hydrogens is 200 g/mol. The Bertz CT molecular complexity index is 198. The van der Waals surface area contributed by atoms with Crippen LogP contribution in [-0.4, -0.2) is 49.8 Å². The predicted molar refractivity (Wildman–Crippen MR) is 66.7 cm³/mol. The van der Waals surface area contributed by atoms with Gasteiger partial charge >= 0.3 is 0 Å². The highest BCUT2D eigenvalue weighted by molar-refractivity contribution is 4.92. The van der Waals surface area contributed by atoms with Crippen LogP contribution < -0.4 is 5.32 Å². The van der Waals surface area contributed by atoms with Crippen LogP contribution in [0.15, 0.2) is 0 Å². The van der Waals surface area contributed by atoms with Crippen molar-refractivity contribution in [2.45, 2.75) is 57.2 Å². The Hall–Kier alpha value is -0.120. The van der Waals surface area contributed by atoms with Crippen LogP contribution in [0.25, 0.3) is 0 Å². The summed E-state index contributed by atoms with van der Waals surface area (Å²) in [4.78, 5) is 2.74. The molecule has 0 bridgehead atoms. The zero-order valence-corrected chi connectivity index (χ0v) is 10.7. The van der Waals surface area contributed by atoms with E-state index in [9.17, 15) is 0 Å². The first kappa shape index (κ1) is 12.3. The van der Waals surface area contributed by atoms with Gasteiger partial charge < -0.3 is 10.1 Å². The Morgan fingerprint density at radius 1 is 1.31 bits per heavy atom. The third-order valence-electron chi connectivity index (χ3n) is 4.09. The van der Waals surface area contributed by atoms with Crippen molar-refractivity contribution in [3.63, 3.8) is 0 Å². The van der Waals surface area contributed by atoms with Gasteiger partial charge in [0.1, 0.15) is 0 Å². The number of rotatable bonds is 5. The molecule has 1 atom stereocenters. The Morgan fingerprint density at radius 3 is 2.69 bits per heavy atom. The highest BCUT2D eigenvalue weighted by atomic mass is 16.5. The van der Waals surface area contributed by atoms with Gasteiger partial charge in [-0.05, 0) is 45.2 Å². The summed E-state index contributed by atoms with van der Waals surface area (Å²) in [6, 6.07) is 1.56. The fourth-order valence-electron chi connectivity index (χ4n) is 3.04. The van der Waals surface area contributed by atoms with Gasteiger partial charge in [-0.2, -0.15) is 0 Å². The summed E-state index contributed by atoms with van der Waals surface area (Å²) in [5.74, 6) is 0. The monoisotopic (exact) mass is 226 g/mol. The molecular formula is C13H26N2O. The standard InChI is InChI=1S/C13H26N2O/c1-3-7-15(11-5-4-6-14-10-11)12-8-13(9-12)16-2/h11-14H,3-10H2,1-2H3. The maximum absolute atomic E-state index is 5.39. The van der Waals surface area contributed by atoms with Crippen LogP contribution in [0, 0.1) is 0 Å². The molecule has 1 heterocycles. The molecule has 2 fully saturated rings. The normalized spacial score (nSPS) is 35.1. The molecule has 2 aliphatic rings. The van der Waals surface area contributed by atoms with Crippen LogP contribution in [0.2, 0.25) is 0 Å². The lowest BCUT2D eigenvalue weighted by atomic mass is 9.86. The summed E-state index contributed by atoms with van der Waals surface area (Å²) in [5, 5.41) is 3.53. The third-order valence-corrected chi connectivity index (χ3v) is 4.09. The molecule has 1 saturated carbocycles. The molecule has 0 radical (unpaired) electrons. The molecule has 1 saturated heterocycles. The minimum absolute atomic E-state index is 0.529. The summed E-state index contributed by atoms with van der Waals surface area (Å²) < 4.78 is 5.39. The number of nitrogens with zero attached hydrogens (tertiary/aromatic N) is 1. The number of ether oxygens (including phenoxy) is 1. The molecule has 0 amide bonds. The van der Waals surface area contributed by atoms with Crippen LogP contribution in [0.5, 0.6) is 0 Å². The Morgan fingerprint density at radius 2 is 2.12 bits per heavy atom. The smallest absolute Gasteiger partial charge is 0.0601 e. The zero-order valence-electron chi connectivity index (χ0n) is 10.7. The summed E-state index contributed by atoms with van der Waals surface area (Å²) in [6.45, 7) is 5.94. The second-order valence-corrected chi connectivity index (χ2v) is 5.22. The van der Waals surface area contributed by atoms with E-state index in [0.29, 0.717) is 6.10 Å². The van der Waals surface area contributed by atoms with E-state index in [1.165, 1.54) is 51.7 Å². The van der Waals surface area contributed by atoms with Gasteiger partial charge in [-0.25, -0.2) is 0 Å². The largest absolute Gasteiger partial charge is 0.381 e. The maximum Gasteiger partial charge on any atom is 0.0601 e. The molecule has 0 aromatic carbocycles. The molecule has 1 aliphatic carbocycles. The Kier molecular flexibility index (Phi) is 4.62. The van der Waals surface area contributed by atoms with Gasteiger partial charge in [0.05, 0.1) is 6.10 Å². The van der Waals surface area contributed by atoms with Gasteiger partial charge in [0.2, 0.25) is 0 Å². The molecule has 1 aliphatic heterocycles. The summed E-state index contributed by atoms with van der Waals surface area (Å²) >= 11 is 0. The quantitative estimate of drug-likeness (QED) is 0.771. The lowest BCUT2D eigenvalue weighted by molar-refractivity contribution is -0.0439. The van der Waals surface area contributed by atoms with Gasteiger partial charge in [0, 0.05) is 25.7 Å². The molecule has 0 spiro atoms. The van der Waals surface area contributed by atoms with E-state index >= 15 is 0 Å². The van der Waals surface area contributed by atoms with E-state index in [1.54, 1.807) is 0 Å². The number of piperidine rings is 1. The number of methoxy groups -OCH3 is 1. The molecule has 1 N–H and O–H groups in total. The summed E-state index contributed by atoms with van der Waals surface area (Å²) in [6.07, 6.45) is 7.00. The predicted octanol–water partition coefficient (Wildman–Crippen LogP) is 1.63. The van der Waals surface area contributed by atoms with Crippen molar-refractivity contribution < 1.29 is 4.74 Å². The first-order chi connectivity index (χ1) is 7.85. The highest BCUT2D eigenvalue weighted by Crippen LogP contribution is 2.30. The number of hydrogen-bond acceptors (Lipinski definition) is 3. The van der Waals surface area contributed by atoms with Crippen molar-refractivity contribution in [2.75, 3.05) is 26.7 Å². The molecule has 3 heteroatoms. The van der Waals surface area contributed by atoms with Crippen LogP contribution in [0.1, 0.15) is 39.0 Å². The minimum Gasteiger partial charge on any atom is -0.381 e. The van der Waals surface area contributed by atoms with E-state index < -0.39 is 0 Å². The molecule has 3 nitrogen and oxygen atoms in total. The van der Waals surface area contributed by atoms with Crippen LogP contribution >= 0.6 is 0 Å². The van der Waals surface area contributed by atoms with Crippen LogP contribution in [-0.2, 0) is 4.74 Å². The topological polar surface area (TPSA) is 24.5 Å². The minimum atomic E-state index is 0.529. The van der Waals surface area contributed by atoms with Crippen molar-refractivity contribution in [3.05, 3.63) is 0 Å². The second-order valence-electron chi connectivity index (χ2n) is 5.22. The third kappa shape index (κ3) is 2.76. The molecule has 0 aromatic rings.